The molecule has 5 aliphatic rings. The second kappa shape index (κ2) is 7.59. The molecule has 150 valence electrons. The van der Waals surface area contributed by atoms with Crippen LogP contribution in [0.3, 0.4) is 0 Å². The van der Waals surface area contributed by atoms with E-state index in [1.54, 1.807) is 0 Å². The number of allylic oxidation sites excluding steroid dienone is 3. The number of quaternary nitrogens is 1. The average Bonchev–Trinajstić information content (AvgIpc) is 2.73. The van der Waals surface area contributed by atoms with Crippen molar-refractivity contribution in [2.75, 3.05) is 26.2 Å². The minimum Gasteiger partial charge on any atom is -0.396 e. The molecule has 3 saturated heterocycles. The van der Waals surface area contributed by atoms with E-state index in [2.05, 4.69) is 17.0 Å². The summed E-state index contributed by atoms with van der Waals surface area (Å²) in [5, 5.41) is 0.882. The van der Waals surface area contributed by atoms with Crippen molar-refractivity contribution in [1.82, 2.24) is 9.88 Å². The van der Waals surface area contributed by atoms with Gasteiger partial charge in [-0.25, -0.2) is 0 Å². The number of fused-ring (bicyclic) bond motifs is 4. The molecule has 5 heterocycles. The van der Waals surface area contributed by atoms with E-state index < -0.39 is 0 Å². The fourth-order valence-corrected chi connectivity index (χ4v) is 6.03. The van der Waals surface area contributed by atoms with Gasteiger partial charge < -0.3 is 9.29 Å². The van der Waals surface area contributed by atoms with Crippen molar-refractivity contribution in [3.05, 3.63) is 52.3 Å². The van der Waals surface area contributed by atoms with Crippen molar-refractivity contribution in [3.63, 3.8) is 0 Å². The number of halogens is 1. The molecule has 1 amide bonds. The van der Waals surface area contributed by atoms with E-state index in [-0.39, 0.29) is 11.9 Å². The molecule has 1 unspecified atom stereocenters. The molecule has 0 N–H and O–H groups in total. The maximum Gasteiger partial charge on any atom is 0.481 e. The SMILES string of the molecule is [B][N+]12CCC(CC1)[C@H](CC(=O)N1CCc3cccnc3C1C1=CC=C(Cl)CC1)C2. The zero-order valence-corrected chi connectivity index (χ0v) is 17.7. The highest BCUT2D eigenvalue weighted by molar-refractivity contribution is 6.29. The zero-order chi connectivity index (χ0) is 20.0. The summed E-state index contributed by atoms with van der Waals surface area (Å²) in [6, 6.07) is 4.09. The van der Waals surface area contributed by atoms with Crippen LogP contribution in [0, 0.1) is 11.8 Å². The summed E-state index contributed by atoms with van der Waals surface area (Å²) >= 11 is 6.20. The third-order valence-electron chi connectivity index (χ3n) is 7.51. The molecule has 6 rings (SSSR count). The highest BCUT2D eigenvalue weighted by Gasteiger charge is 2.45. The number of piperidine rings is 3. The first-order valence-corrected chi connectivity index (χ1v) is 11.3. The Hall–Kier alpha value is -1.59. The molecule has 2 atom stereocenters. The van der Waals surface area contributed by atoms with Crippen LogP contribution in [0.15, 0.2) is 41.1 Å². The lowest BCUT2D eigenvalue weighted by molar-refractivity contribution is -0.841. The summed E-state index contributed by atoms with van der Waals surface area (Å²) in [5.41, 5.74) is 3.55. The van der Waals surface area contributed by atoms with E-state index in [0.29, 0.717) is 22.7 Å². The maximum absolute atomic E-state index is 13.6. The molecule has 2 bridgehead atoms. The van der Waals surface area contributed by atoms with Gasteiger partial charge in [0, 0.05) is 30.1 Å². The Morgan fingerprint density at radius 2 is 2.07 bits per heavy atom. The first-order chi connectivity index (χ1) is 14.0. The third-order valence-corrected chi connectivity index (χ3v) is 7.83. The van der Waals surface area contributed by atoms with E-state index >= 15 is 0 Å². The smallest absolute Gasteiger partial charge is 0.396 e. The van der Waals surface area contributed by atoms with Crippen LogP contribution < -0.4 is 0 Å². The molecule has 6 heteroatoms. The second-order valence-corrected chi connectivity index (χ2v) is 9.78. The van der Waals surface area contributed by atoms with Crippen molar-refractivity contribution < 1.29 is 9.19 Å². The first kappa shape index (κ1) is 19.4. The van der Waals surface area contributed by atoms with Crippen LogP contribution in [0.25, 0.3) is 0 Å². The molecule has 3 fully saturated rings. The van der Waals surface area contributed by atoms with Gasteiger partial charge in [-0.1, -0.05) is 23.7 Å². The lowest BCUT2D eigenvalue weighted by atomic mass is 9.73. The Morgan fingerprint density at radius 3 is 2.79 bits per heavy atom. The average molecular weight is 409 g/mol. The van der Waals surface area contributed by atoms with E-state index in [1.165, 1.54) is 11.1 Å². The molecule has 0 aromatic carbocycles. The summed E-state index contributed by atoms with van der Waals surface area (Å²) in [7, 11) is 6.54. The fraction of sp³-hybridized carbons (Fsp3) is 0.565. The maximum atomic E-state index is 13.6. The van der Waals surface area contributed by atoms with Crippen LogP contribution in [0.4, 0.5) is 0 Å². The molecule has 0 spiro atoms. The summed E-state index contributed by atoms with van der Waals surface area (Å²) in [4.78, 5) is 20.4. The normalized spacial score (nSPS) is 33.7. The molecular weight excluding hydrogens is 381 g/mol. The van der Waals surface area contributed by atoms with Gasteiger partial charge in [-0.2, -0.15) is 0 Å². The van der Waals surface area contributed by atoms with Crippen LogP contribution in [0.1, 0.15) is 49.4 Å². The number of pyridine rings is 1. The number of carbonyl (C=O) groups is 1. The number of nitrogens with zero attached hydrogens (tertiary/aromatic N) is 3. The Kier molecular flexibility index (Phi) is 5.07. The molecule has 1 aromatic rings. The lowest BCUT2D eigenvalue weighted by Crippen LogP contribution is -2.60. The Labute approximate surface area is 179 Å². The Balaban J connectivity index is 1.41. The number of amides is 1. The molecule has 4 nitrogen and oxygen atoms in total. The third kappa shape index (κ3) is 3.68. The van der Waals surface area contributed by atoms with Crippen LogP contribution in [-0.4, -0.2) is 54.3 Å². The quantitative estimate of drug-likeness (QED) is 0.715. The van der Waals surface area contributed by atoms with Gasteiger partial charge in [-0.3, -0.25) is 9.78 Å². The van der Waals surface area contributed by atoms with Gasteiger partial charge in [0.1, 0.15) is 0 Å². The van der Waals surface area contributed by atoms with E-state index in [1.807, 2.05) is 18.3 Å². The molecule has 29 heavy (non-hydrogen) atoms. The summed E-state index contributed by atoms with van der Waals surface area (Å²) in [6.07, 6.45) is 11.5. The van der Waals surface area contributed by atoms with Crippen molar-refractivity contribution >= 4 is 25.5 Å². The van der Waals surface area contributed by atoms with Gasteiger partial charge in [-0.05, 0) is 61.3 Å². The highest BCUT2D eigenvalue weighted by Crippen LogP contribution is 2.41. The van der Waals surface area contributed by atoms with Crippen molar-refractivity contribution in [2.24, 2.45) is 11.8 Å². The summed E-state index contributed by atoms with van der Waals surface area (Å²) in [6.45, 7) is 3.85. The predicted octanol–water partition coefficient (Wildman–Crippen LogP) is 3.68. The minimum absolute atomic E-state index is 0.0597. The fourth-order valence-electron chi connectivity index (χ4n) is 5.87. The van der Waals surface area contributed by atoms with Crippen LogP contribution in [0.2, 0.25) is 0 Å². The number of hydrogen-bond acceptors (Lipinski definition) is 2. The Bertz CT molecular complexity index is 875. The van der Waals surface area contributed by atoms with Crippen LogP contribution in [0.5, 0.6) is 0 Å². The molecule has 1 aliphatic carbocycles. The number of hydrogen-bond donors (Lipinski definition) is 0. The van der Waals surface area contributed by atoms with Crippen LogP contribution in [-0.2, 0) is 11.2 Å². The van der Waals surface area contributed by atoms with Gasteiger partial charge in [0.2, 0.25) is 5.91 Å². The van der Waals surface area contributed by atoms with E-state index in [9.17, 15) is 4.79 Å². The second-order valence-electron chi connectivity index (χ2n) is 9.29. The van der Waals surface area contributed by atoms with Gasteiger partial charge in [-0.15, -0.1) is 0 Å². The topological polar surface area (TPSA) is 33.2 Å². The number of rotatable bonds is 3. The van der Waals surface area contributed by atoms with E-state index in [4.69, 9.17) is 24.6 Å². The summed E-state index contributed by atoms with van der Waals surface area (Å²) < 4.78 is 0.663. The zero-order valence-electron chi connectivity index (χ0n) is 16.9. The standard InChI is InChI=1S/C23H28BClN3O/c24-28-12-8-16(9-13-28)19(15-28)14-21(29)27-11-7-17-2-1-10-26-22(17)23(27)18-3-5-20(25)6-4-18/h1-3,5,10,16,19,23H,4,6-9,11-15H2/q+1/t16?,19-,23?,28?/m1/s1. The molecule has 2 radical (unpaired) electrons. The van der Waals surface area contributed by atoms with Crippen molar-refractivity contribution in [1.29, 1.82) is 0 Å². The van der Waals surface area contributed by atoms with Gasteiger partial charge in [0.05, 0.1) is 31.4 Å². The minimum atomic E-state index is -0.0597. The van der Waals surface area contributed by atoms with Crippen LogP contribution >= 0.6 is 11.6 Å². The van der Waals surface area contributed by atoms with Crippen molar-refractivity contribution in [2.45, 2.75) is 44.6 Å². The highest BCUT2D eigenvalue weighted by atomic mass is 35.5. The molecular formula is C23H28BClN3O+. The molecule has 1 aromatic heterocycles. The Morgan fingerprint density at radius 1 is 1.24 bits per heavy atom. The van der Waals surface area contributed by atoms with Gasteiger partial charge >= 0.3 is 7.98 Å². The van der Waals surface area contributed by atoms with Gasteiger partial charge in [0.15, 0.2) is 0 Å². The number of carbonyl (C=O) groups excluding carboxylic acids is 1. The predicted molar refractivity (Wildman–Crippen MR) is 115 cm³/mol. The molecule has 0 saturated carbocycles. The lowest BCUT2D eigenvalue weighted by Gasteiger charge is -2.52. The molecule has 4 aliphatic heterocycles. The first-order valence-electron chi connectivity index (χ1n) is 11.0. The van der Waals surface area contributed by atoms with Gasteiger partial charge in [0.25, 0.3) is 0 Å². The van der Waals surface area contributed by atoms with Crippen molar-refractivity contribution in [3.8, 4) is 0 Å². The van der Waals surface area contributed by atoms with E-state index in [0.717, 1.165) is 69.0 Å². The number of aromatic nitrogens is 1. The monoisotopic (exact) mass is 408 g/mol. The summed E-state index contributed by atoms with van der Waals surface area (Å²) in [5.74, 6) is 1.33. The largest absolute Gasteiger partial charge is 0.481 e.